The van der Waals surface area contributed by atoms with E-state index in [4.69, 9.17) is 21.1 Å². The van der Waals surface area contributed by atoms with Crippen LogP contribution < -0.4 is 14.8 Å². The molecule has 29 heavy (non-hydrogen) atoms. The normalized spacial score (nSPS) is 19.6. The molecule has 0 spiro atoms. The number of halogens is 1. The molecule has 1 fully saturated rings. The van der Waals surface area contributed by atoms with Crippen molar-refractivity contribution >= 4 is 33.2 Å². The molecule has 0 bridgehead atoms. The molecule has 2 aliphatic heterocycles. The fourth-order valence-corrected chi connectivity index (χ4v) is 5.28. The minimum absolute atomic E-state index is 0.122. The first kappa shape index (κ1) is 20.0. The third kappa shape index (κ3) is 4.19. The second-order valence-corrected chi connectivity index (χ2v) is 9.26. The summed E-state index contributed by atoms with van der Waals surface area (Å²) in [7, 11) is -3.79. The molecule has 2 heterocycles. The van der Waals surface area contributed by atoms with Crippen molar-refractivity contribution < 1.29 is 22.7 Å². The molecule has 0 saturated carbocycles. The largest absolute Gasteiger partial charge is 0.490 e. The van der Waals surface area contributed by atoms with Gasteiger partial charge in [0.2, 0.25) is 15.9 Å². The first-order valence-electron chi connectivity index (χ1n) is 9.43. The molecule has 0 aromatic heterocycles. The Labute approximate surface area is 174 Å². The van der Waals surface area contributed by atoms with Gasteiger partial charge < -0.3 is 14.8 Å². The summed E-state index contributed by atoms with van der Waals surface area (Å²) < 4.78 is 38.5. The number of anilines is 1. The van der Waals surface area contributed by atoms with Gasteiger partial charge in [-0.05, 0) is 49.2 Å². The number of sulfonamides is 1. The van der Waals surface area contributed by atoms with Crippen LogP contribution in [0.4, 0.5) is 5.69 Å². The molecule has 7 nitrogen and oxygen atoms in total. The van der Waals surface area contributed by atoms with Gasteiger partial charge in [-0.25, -0.2) is 8.42 Å². The van der Waals surface area contributed by atoms with Crippen molar-refractivity contribution in [3.05, 3.63) is 47.5 Å². The zero-order valence-corrected chi connectivity index (χ0v) is 17.2. The van der Waals surface area contributed by atoms with Gasteiger partial charge in [0.1, 0.15) is 6.04 Å². The minimum Gasteiger partial charge on any atom is -0.490 e. The Morgan fingerprint density at radius 1 is 1.03 bits per heavy atom. The lowest BCUT2D eigenvalue weighted by atomic mass is 10.2. The van der Waals surface area contributed by atoms with Crippen molar-refractivity contribution in [1.29, 1.82) is 0 Å². The smallest absolute Gasteiger partial charge is 0.243 e. The standard InChI is InChI=1S/C20H21ClN2O5S/c21-14-4-7-16(8-5-14)29(25,26)23-10-1-3-17(23)20(24)22-15-6-9-18-19(13-15)28-12-2-11-27-18/h4-9,13,17H,1-3,10-12H2,(H,22,24). The van der Waals surface area contributed by atoms with Gasteiger partial charge in [-0.3, -0.25) is 4.79 Å². The van der Waals surface area contributed by atoms with Crippen molar-refractivity contribution in [2.24, 2.45) is 0 Å². The molecule has 1 N–H and O–H groups in total. The van der Waals surface area contributed by atoms with Gasteiger partial charge in [0.15, 0.2) is 11.5 Å². The molecule has 2 aromatic carbocycles. The lowest BCUT2D eigenvalue weighted by molar-refractivity contribution is -0.119. The van der Waals surface area contributed by atoms with Crippen molar-refractivity contribution in [2.75, 3.05) is 25.1 Å². The van der Waals surface area contributed by atoms with Crippen LogP contribution in [0.25, 0.3) is 0 Å². The number of nitrogens with zero attached hydrogens (tertiary/aromatic N) is 1. The van der Waals surface area contributed by atoms with E-state index in [1.807, 2.05) is 0 Å². The van der Waals surface area contributed by atoms with Crippen LogP contribution in [0.2, 0.25) is 5.02 Å². The van der Waals surface area contributed by atoms with Gasteiger partial charge in [-0.15, -0.1) is 0 Å². The van der Waals surface area contributed by atoms with Gasteiger partial charge in [-0.1, -0.05) is 11.6 Å². The van der Waals surface area contributed by atoms with E-state index in [-0.39, 0.29) is 10.8 Å². The van der Waals surface area contributed by atoms with Crippen LogP contribution in [0.3, 0.4) is 0 Å². The van der Waals surface area contributed by atoms with E-state index in [1.54, 1.807) is 18.2 Å². The highest BCUT2D eigenvalue weighted by atomic mass is 35.5. The Bertz CT molecular complexity index is 1010. The van der Waals surface area contributed by atoms with Crippen molar-refractivity contribution in [3.63, 3.8) is 0 Å². The minimum atomic E-state index is -3.79. The number of hydrogen-bond donors (Lipinski definition) is 1. The first-order valence-corrected chi connectivity index (χ1v) is 11.2. The van der Waals surface area contributed by atoms with Crippen LogP contribution in [-0.2, 0) is 14.8 Å². The highest BCUT2D eigenvalue weighted by molar-refractivity contribution is 7.89. The number of nitrogens with one attached hydrogen (secondary N) is 1. The predicted molar refractivity (Wildman–Crippen MR) is 109 cm³/mol. The number of fused-ring (bicyclic) bond motifs is 1. The fraction of sp³-hybridized carbons (Fsp3) is 0.350. The quantitative estimate of drug-likeness (QED) is 0.794. The summed E-state index contributed by atoms with van der Waals surface area (Å²) >= 11 is 5.86. The van der Waals surface area contributed by atoms with Crippen LogP contribution in [0.15, 0.2) is 47.4 Å². The van der Waals surface area contributed by atoms with Gasteiger partial charge in [0.25, 0.3) is 0 Å². The molecule has 9 heteroatoms. The summed E-state index contributed by atoms with van der Waals surface area (Å²) in [4.78, 5) is 13.0. The molecule has 2 aromatic rings. The Kier molecular flexibility index (Phi) is 5.67. The topological polar surface area (TPSA) is 84.9 Å². The van der Waals surface area contributed by atoms with Crippen molar-refractivity contribution in [1.82, 2.24) is 4.31 Å². The first-order chi connectivity index (χ1) is 13.9. The molecule has 2 aliphatic rings. The monoisotopic (exact) mass is 436 g/mol. The average Bonchev–Trinajstić information content (AvgIpc) is 3.09. The highest BCUT2D eigenvalue weighted by Crippen LogP contribution is 2.33. The average molecular weight is 437 g/mol. The van der Waals surface area contributed by atoms with Crippen molar-refractivity contribution in [3.8, 4) is 11.5 Å². The molecule has 1 saturated heterocycles. The Hall–Kier alpha value is -2.29. The number of benzene rings is 2. The van der Waals surface area contributed by atoms with Crippen LogP contribution in [0, 0.1) is 0 Å². The molecule has 0 radical (unpaired) electrons. The van der Waals surface area contributed by atoms with Crippen LogP contribution in [0.1, 0.15) is 19.3 Å². The van der Waals surface area contributed by atoms with Gasteiger partial charge >= 0.3 is 0 Å². The third-order valence-corrected chi connectivity index (χ3v) is 7.12. The van der Waals surface area contributed by atoms with E-state index in [0.717, 1.165) is 6.42 Å². The van der Waals surface area contributed by atoms with Gasteiger partial charge in [0, 0.05) is 29.7 Å². The van der Waals surface area contributed by atoms with E-state index < -0.39 is 16.1 Å². The number of hydrogen-bond acceptors (Lipinski definition) is 5. The van der Waals surface area contributed by atoms with Crippen LogP contribution in [0.5, 0.6) is 11.5 Å². The zero-order valence-electron chi connectivity index (χ0n) is 15.6. The zero-order chi connectivity index (χ0) is 20.4. The number of carbonyl (C=O) groups is 1. The van der Waals surface area contributed by atoms with Gasteiger partial charge in [-0.2, -0.15) is 4.31 Å². The SMILES string of the molecule is O=C(Nc1ccc2c(c1)OCCCO2)C1CCCN1S(=O)(=O)c1ccc(Cl)cc1. The number of ether oxygens (including phenoxy) is 2. The number of rotatable bonds is 4. The number of carbonyl (C=O) groups excluding carboxylic acids is 1. The molecule has 1 atom stereocenters. The molecule has 1 unspecified atom stereocenters. The summed E-state index contributed by atoms with van der Waals surface area (Å²) in [6.07, 6.45) is 1.87. The molecule has 4 rings (SSSR count). The van der Waals surface area contributed by atoms with E-state index in [9.17, 15) is 13.2 Å². The molecular weight excluding hydrogens is 416 g/mol. The Balaban J connectivity index is 1.52. The molecule has 154 valence electrons. The van der Waals surface area contributed by atoms with E-state index in [2.05, 4.69) is 5.32 Å². The molecule has 0 aliphatic carbocycles. The molecular formula is C20H21ClN2O5S. The Morgan fingerprint density at radius 3 is 2.52 bits per heavy atom. The lowest BCUT2D eigenvalue weighted by Gasteiger charge is -2.23. The molecule has 1 amide bonds. The van der Waals surface area contributed by atoms with E-state index in [1.165, 1.54) is 28.6 Å². The maximum absolute atomic E-state index is 13.0. The summed E-state index contributed by atoms with van der Waals surface area (Å²) in [5.41, 5.74) is 0.537. The fourth-order valence-electron chi connectivity index (χ4n) is 3.50. The summed E-state index contributed by atoms with van der Waals surface area (Å²) in [6, 6.07) is 10.3. The Morgan fingerprint density at radius 2 is 1.76 bits per heavy atom. The lowest BCUT2D eigenvalue weighted by Crippen LogP contribution is -2.43. The number of amides is 1. The van der Waals surface area contributed by atoms with Crippen molar-refractivity contribution in [2.45, 2.75) is 30.2 Å². The maximum Gasteiger partial charge on any atom is 0.243 e. The summed E-state index contributed by atoms with van der Waals surface area (Å²) in [5, 5.41) is 3.27. The summed E-state index contributed by atoms with van der Waals surface area (Å²) in [6.45, 7) is 1.42. The van der Waals surface area contributed by atoms with E-state index >= 15 is 0 Å². The predicted octanol–water partition coefficient (Wildman–Crippen LogP) is 3.29. The van der Waals surface area contributed by atoms with Gasteiger partial charge in [0.05, 0.1) is 18.1 Å². The van der Waals surface area contributed by atoms with E-state index in [0.29, 0.717) is 54.8 Å². The maximum atomic E-state index is 13.0. The summed E-state index contributed by atoms with van der Waals surface area (Å²) in [5.74, 6) is 0.834. The van der Waals surface area contributed by atoms with Crippen LogP contribution in [-0.4, -0.2) is 44.4 Å². The third-order valence-electron chi connectivity index (χ3n) is 4.94. The highest BCUT2D eigenvalue weighted by Gasteiger charge is 2.39. The second kappa shape index (κ2) is 8.22. The second-order valence-electron chi connectivity index (χ2n) is 6.93. The van der Waals surface area contributed by atoms with Crippen LogP contribution >= 0.6 is 11.6 Å².